The lowest BCUT2D eigenvalue weighted by atomic mass is 10.2. The summed E-state index contributed by atoms with van der Waals surface area (Å²) in [4.78, 5) is 30.4. The molecule has 1 aliphatic rings. The van der Waals surface area contributed by atoms with Crippen LogP contribution in [-0.2, 0) is 9.59 Å². The van der Waals surface area contributed by atoms with Crippen LogP contribution in [0.5, 0.6) is 5.75 Å². The van der Waals surface area contributed by atoms with E-state index in [4.69, 9.17) is 16.3 Å². The first-order valence-electron chi connectivity index (χ1n) is 8.29. The van der Waals surface area contributed by atoms with Gasteiger partial charge in [0, 0.05) is 18.5 Å². The highest BCUT2D eigenvalue weighted by molar-refractivity contribution is 8.18. The van der Waals surface area contributed by atoms with Crippen molar-refractivity contribution in [2.24, 2.45) is 4.99 Å². The first-order valence-corrected chi connectivity index (χ1v) is 9.48. The van der Waals surface area contributed by atoms with Crippen molar-refractivity contribution in [3.63, 3.8) is 0 Å². The van der Waals surface area contributed by atoms with E-state index in [1.165, 1.54) is 16.7 Å². The molecule has 0 saturated carbocycles. The predicted octanol–water partition coefficient (Wildman–Crippen LogP) is 4.89. The molecule has 2 aromatic carbocycles. The van der Waals surface area contributed by atoms with Crippen LogP contribution in [-0.4, -0.2) is 29.0 Å². The Balaban J connectivity index is 1.77. The molecule has 0 atom stereocenters. The van der Waals surface area contributed by atoms with Gasteiger partial charge in [-0.3, -0.25) is 14.5 Å². The molecule has 5 nitrogen and oxygen atoms in total. The molecule has 1 amide bonds. The van der Waals surface area contributed by atoms with Crippen molar-refractivity contribution in [3.05, 3.63) is 64.0 Å². The fourth-order valence-electron chi connectivity index (χ4n) is 2.26. The van der Waals surface area contributed by atoms with Gasteiger partial charge >= 0.3 is 5.97 Å². The number of rotatable bonds is 4. The minimum atomic E-state index is -0.285. The predicted molar refractivity (Wildman–Crippen MR) is 109 cm³/mol. The molecule has 1 heterocycles. The average Bonchev–Trinajstić information content (AvgIpc) is 2.93. The fraction of sp³-hybridized carbons (Fsp3) is 0.150. The molecule has 2 aromatic rings. The summed E-state index contributed by atoms with van der Waals surface area (Å²) in [5, 5.41) is 1.23. The number of aliphatic imine (C=N–C) groups is 1. The highest BCUT2D eigenvalue weighted by atomic mass is 35.5. The van der Waals surface area contributed by atoms with Gasteiger partial charge in [-0.25, -0.2) is 4.99 Å². The number of hydrogen-bond donors (Lipinski definition) is 0. The van der Waals surface area contributed by atoms with E-state index < -0.39 is 0 Å². The van der Waals surface area contributed by atoms with Gasteiger partial charge in [-0.05, 0) is 59.8 Å². The summed E-state index contributed by atoms with van der Waals surface area (Å²) in [7, 11) is 1.69. The topological polar surface area (TPSA) is 59.0 Å². The summed E-state index contributed by atoms with van der Waals surface area (Å²) in [6.45, 7) is 1.74. The van der Waals surface area contributed by atoms with Crippen LogP contribution in [0.25, 0.3) is 6.08 Å². The summed E-state index contributed by atoms with van der Waals surface area (Å²) in [5.41, 5.74) is 1.56. The third-order valence-electron chi connectivity index (χ3n) is 3.75. The Labute approximate surface area is 166 Å². The first kappa shape index (κ1) is 19.2. The second-order valence-electron chi connectivity index (χ2n) is 5.74. The summed E-state index contributed by atoms with van der Waals surface area (Å²) >= 11 is 7.19. The number of nitrogens with zero attached hydrogens (tertiary/aromatic N) is 2. The summed E-state index contributed by atoms with van der Waals surface area (Å²) in [5.74, 6) is 0.0815. The molecule has 3 rings (SSSR count). The lowest BCUT2D eigenvalue weighted by Gasteiger charge is -2.07. The van der Waals surface area contributed by atoms with Crippen LogP contribution in [0.1, 0.15) is 18.9 Å². The average molecular weight is 401 g/mol. The lowest BCUT2D eigenvalue weighted by Crippen LogP contribution is -2.23. The van der Waals surface area contributed by atoms with E-state index in [1.807, 2.05) is 0 Å². The molecule has 0 radical (unpaired) electrons. The second-order valence-corrected chi connectivity index (χ2v) is 7.19. The standard InChI is InChI=1S/C20H17ClN2O3S/c1-3-18(24)26-16-10-4-13(5-11-16)12-17-19(25)23(2)20(27-17)22-15-8-6-14(21)7-9-15/h4-12H,3H2,1-2H3/b17-12-,22-20?. The molecular weight excluding hydrogens is 384 g/mol. The van der Waals surface area contributed by atoms with Gasteiger partial charge < -0.3 is 4.74 Å². The van der Waals surface area contributed by atoms with E-state index in [0.29, 0.717) is 27.3 Å². The smallest absolute Gasteiger partial charge is 0.310 e. The lowest BCUT2D eigenvalue weighted by molar-refractivity contribution is -0.134. The highest BCUT2D eigenvalue weighted by Crippen LogP contribution is 2.33. The SMILES string of the molecule is CCC(=O)Oc1ccc(/C=C2\SC(=Nc3ccc(Cl)cc3)N(C)C2=O)cc1. The van der Waals surface area contributed by atoms with Gasteiger partial charge in [-0.15, -0.1) is 0 Å². The van der Waals surface area contributed by atoms with Gasteiger partial charge in [0.1, 0.15) is 5.75 Å². The van der Waals surface area contributed by atoms with Crippen LogP contribution < -0.4 is 4.74 Å². The Bertz CT molecular complexity index is 921. The molecule has 1 aliphatic heterocycles. The zero-order valence-electron chi connectivity index (χ0n) is 14.8. The molecule has 0 spiro atoms. The number of amidine groups is 1. The molecule has 0 N–H and O–H groups in total. The van der Waals surface area contributed by atoms with Crippen LogP contribution in [0, 0.1) is 0 Å². The number of benzene rings is 2. The van der Waals surface area contributed by atoms with Gasteiger partial charge in [-0.1, -0.05) is 30.7 Å². The van der Waals surface area contributed by atoms with Crippen LogP contribution >= 0.6 is 23.4 Å². The maximum Gasteiger partial charge on any atom is 0.310 e. The number of ether oxygens (including phenoxy) is 1. The Morgan fingerprint density at radius 2 is 1.85 bits per heavy atom. The molecule has 27 heavy (non-hydrogen) atoms. The molecule has 0 aliphatic carbocycles. The van der Waals surface area contributed by atoms with Crippen molar-refractivity contribution in [3.8, 4) is 5.75 Å². The number of esters is 1. The van der Waals surface area contributed by atoms with E-state index >= 15 is 0 Å². The number of carbonyl (C=O) groups is 2. The number of hydrogen-bond acceptors (Lipinski definition) is 5. The summed E-state index contributed by atoms with van der Waals surface area (Å²) in [6, 6.07) is 14.1. The van der Waals surface area contributed by atoms with E-state index in [2.05, 4.69) is 4.99 Å². The van der Waals surface area contributed by atoms with E-state index in [9.17, 15) is 9.59 Å². The summed E-state index contributed by atoms with van der Waals surface area (Å²) in [6.07, 6.45) is 2.11. The maximum atomic E-state index is 12.5. The van der Waals surface area contributed by atoms with E-state index in [1.54, 1.807) is 68.6 Å². The van der Waals surface area contributed by atoms with Crippen LogP contribution in [0.2, 0.25) is 5.02 Å². The summed E-state index contributed by atoms with van der Waals surface area (Å²) < 4.78 is 5.15. The van der Waals surface area contributed by atoms with Crippen molar-refractivity contribution < 1.29 is 14.3 Å². The van der Waals surface area contributed by atoms with Gasteiger partial charge in [0.15, 0.2) is 5.17 Å². The van der Waals surface area contributed by atoms with Crippen molar-refractivity contribution in [1.29, 1.82) is 0 Å². The molecular formula is C20H17ClN2O3S. The van der Waals surface area contributed by atoms with Crippen molar-refractivity contribution in [1.82, 2.24) is 4.90 Å². The Morgan fingerprint density at radius 1 is 1.19 bits per heavy atom. The van der Waals surface area contributed by atoms with Crippen LogP contribution in [0.3, 0.4) is 0 Å². The minimum absolute atomic E-state index is 0.116. The molecule has 0 unspecified atom stereocenters. The number of halogens is 1. The minimum Gasteiger partial charge on any atom is -0.427 e. The first-order chi connectivity index (χ1) is 13.0. The molecule has 1 saturated heterocycles. The highest BCUT2D eigenvalue weighted by Gasteiger charge is 2.30. The zero-order valence-corrected chi connectivity index (χ0v) is 16.4. The normalized spacial score (nSPS) is 17.0. The Kier molecular flexibility index (Phi) is 5.98. The fourth-order valence-corrected chi connectivity index (χ4v) is 3.38. The molecule has 1 fully saturated rings. The number of amides is 1. The van der Waals surface area contributed by atoms with Crippen molar-refractivity contribution >= 4 is 52.2 Å². The molecule has 0 aromatic heterocycles. The van der Waals surface area contributed by atoms with Gasteiger partial charge in [0.05, 0.1) is 10.6 Å². The third-order valence-corrected chi connectivity index (χ3v) is 5.07. The molecule has 7 heteroatoms. The zero-order chi connectivity index (χ0) is 19.4. The maximum absolute atomic E-state index is 12.5. The van der Waals surface area contributed by atoms with E-state index in [0.717, 1.165) is 11.3 Å². The van der Waals surface area contributed by atoms with Crippen molar-refractivity contribution in [2.75, 3.05) is 7.05 Å². The van der Waals surface area contributed by atoms with Crippen molar-refractivity contribution in [2.45, 2.75) is 13.3 Å². The molecule has 138 valence electrons. The Morgan fingerprint density at radius 3 is 2.48 bits per heavy atom. The van der Waals surface area contributed by atoms with Crippen LogP contribution in [0.4, 0.5) is 5.69 Å². The van der Waals surface area contributed by atoms with Gasteiger partial charge in [0.25, 0.3) is 5.91 Å². The quantitative estimate of drug-likeness (QED) is 0.416. The number of likely N-dealkylation sites (N-methyl/N-ethyl adjacent to an activating group) is 1. The van der Waals surface area contributed by atoms with Gasteiger partial charge in [0.2, 0.25) is 0 Å². The van der Waals surface area contributed by atoms with Gasteiger partial charge in [-0.2, -0.15) is 0 Å². The number of carbonyl (C=O) groups excluding carboxylic acids is 2. The number of thioether (sulfide) groups is 1. The second kappa shape index (κ2) is 8.41. The molecule has 0 bridgehead atoms. The monoisotopic (exact) mass is 400 g/mol. The largest absolute Gasteiger partial charge is 0.427 e. The van der Waals surface area contributed by atoms with Crippen LogP contribution in [0.15, 0.2) is 58.4 Å². The Hall–Kier alpha value is -2.57. The third kappa shape index (κ3) is 4.78. The van der Waals surface area contributed by atoms with E-state index in [-0.39, 0.29) is 11.9 Å².